The maximum Gasteiger partial charge on any atom is 0.251 e. The van der Waals surface area contributed by atoms with Gasteiger partial charge in [0.05, 0.1) is 23.7 Å². The second-order valence-electron chi connectivity index (χ2n) is 4.78. The molecule has 102 valence electrons. The van der Waals surface area contributed by atoms with E-state index in [2.05, 4.69) is 0 Å². The maximum absolute atomic E-state index is 13.5. The summed E-state index contributed by atoms with van der Waals surface area (Å²) in [5, 5.41) is 9.83. The molecule has 0 radical (unpaired) electrons. The van der Waals surface area contributed by atoms with Crippen LogP contribution in [-0.4, -0.2) is 4.57 Å². The highest BCUT2D eigenvalue weighted by molar-refractivity contribution is 5.78. The number of rotatable bonds is 2. The summed E-state index contributed by atoms with van der Waals surface area (Å²) in [7, 11) is 0. The van der Waals surface area contributed by atoms with E-state index in [1.165, 1.54) is 18.2 Å². The Morgan fingerprint density at radius 3 is 2.71 bits per heavy atom. The van der Waals surface area contributed by atoms with E-state index in [9.17, 15) is 9.18 Å². The normalized spacial score (nSPS) is 10.5. The molecule has 0 bridgehead atoms. The lowest BCUT2D eigenvalue weighted by molar-refractivity contribution is 0.623. The topological polar surface area (TPSA) is 45.8 Å². The van der Waals surface area contributed by atoms with Gasteiger partial charge in [-0.3, -0.25) is 4.79 Å². The van der Waals surface area contributed by atoms with Gasteiger partial charge in [-0.1, -0.05) is 18.2 Å². The van der Waals surface area contributed by atoms with Gasteiger partial charge in [-0.25, -0.2) is 4.39 Å². The molecule has 3 nitrogen and oxygen atoms in total. The number of hydrogen-bond acceptors (Lipinski definition) is 2. The van der Waals surface area contributed by atoms with Crippen LogP contribution in [0.15, 0.2) is 59.4 Å². The van der Waals surface area contributed by atoms with Crippen LogP contribution in [0.3, 0.4) is 0 Å². The summed E-state index contributed by atoms with van der Waals surface area (Å²) < 4.78 is 15.1. The summed E-state index contributed by atoms with van der Waals surface area (Å²) in [5.41, 5.74) is 1.47. The summed E-state index contributed by atoms with van der Waals surface area (Å²) in [5.74, 6) is -0.475. The molecule has 21 heavy (non-hydrogen) atoms. The van der Waals surface area contributed by atoms with Crippen molar-refractivity contribution < 1.29 is 4.39 Å². The van der Waals surface area contributed by atoms with E-state index in [0.29, 0.717) is 5.56 Å². The number of aromatic nitrogens is 1. The standard InChI is InChI=1S/C17H11FN2O/c18-15-8-12(10-19)7-13(9-15)11-20-16-4-2-1-3-14(16)5-6-17(20)21/h1-9H,11H2. The largest absolute Gasteiger partial charge is 0.304 e. The Hall–Kier alpha value is -2.93. The van der Waals surface area contributed by atoms with Gasteiger partial charge in [-0.05, 0) is 41.3 Å². The number of nitrogens with zero attached hydrogens (tertiary/aromatic N) is 2. The molecular formula is C17H11FN2O. The van der Waals surface area contributed by atoms with E-state index in [0.717, 1.165) is 10.9 Å². The van der Waals surface area contributed by atoms with Crippen LogP contribution in [0, 0.1) is 17.1 Å². The lowest BCUT2D eigenvalue weighted by Gasteiger charge is -2.10. The fourth-order valence-electron chi connectivity index (χ4n) is 2.40. The van der Waals surface area contributed by atoms with Crippen LogP contribution in [-0.2, 0) is 6.54 Å². The van der Waals surface area contributed by atoms with E-state index >= 15 is 0 Å². The number of para-hydroxylation sites is 1. The second-order valence-corrected chi connectivity index (χ2v) is 4.78. The zero-order chi connectivity index (χ0) is 14.8. The molecule has 1 aromatic heterocycles. The fourth-order valence-corrected chi connectivity index (χ4v) is 2.40. The Morgan fingerprint density at radius 1 is 1.10 bits per heavy atom. The van der Waals surface area contributed by atoms with Gasteiger partial charge in [0, 0.05) is 6.07 Å². The molecule has 2 aromatic carbocycles. The number of fused-ring (bicyclic) bond motifs is 1. The molecule has 3 aromatic rings. The van der Waals surface area contributed by atoms with E-state index in [4.69, 9.17) is 5.26 Å². The molecule has 4 heteroatoms. The number of benzene rings is 2. The zero-order valence-electron chi connectivity index (χ0n) is 11.1. The average Bonchev–Trinajstić information content (AvgIpc) is 2.49. The highest BCUT2D eigenvalue weighted by atomic mass is 19.1. The van der Waals surface area contributed by atoms with Crippen molar-refractivity contribution in [2.75, 3.05) is 0 Å². The third kappa shape index (κ3) is 2.54. The first kappa shape index (κ1) is 13.1. The Labute approximate surface area is 120 Å². The quantitative estimate of drug-likeness (QED) is 0.723. The molecule has 0 atom stereocenters. The fraction of sp³-hybridized carbons (Fsp3) is 0.0588. The summed E-state index contributed by atoms with van der Waals surface area (Å²) in [6.45, 7) is 0.229. The third-order valence-electron chi connectivity index (χ3n) is 3.33. The van der Waals surface area contributed by atoms with Gasteiger partial charge in [0.2, 0.25) is 0 Å². The van der Waals surface area contributed by atoms with Crippen molar-refractivity contribution in [2.45, 2.75) is 6.54 Å². The van der Waals surface area contributed by atoms with Gasteiger partial charge in [-0.2, -0.15) is 5.26 Å². The van der Waals surface area contributed by atoms with Gasteiger partial charge in [0.15, 0.2) is 0 Å². The van der Waals surface area contributed by atoms with Crippen molar-refractivity contribution in [1.29, 1.82) is 5.26 Å². The first-order chi connectivity index (χ1) is 10.2. The lowest BCUT2D eigenvalue weighted by atomic mass is 10.1. The van der Waals surface area contributed by atoms with Crippen molar-refractivity contribution in [1.82, 2.24) is 4.57 Å². The molecule has 0 amide bonds. The zero-order valence-corrected chi connectivity index (χ0v) is 11.1. The molecular weight excluding hydrogens is 267 g/mol. The van der Waals surface area contributed by atoms with Gasteiger partial charge < -0.3 is 4.57 Å². The highest BCUT2D eigenvalue weighted by Gasteiger charge is 2.06. The number of pyridine rings is 1. The molecule has 0 aliphatic rings. The average molecular weight is 278 g/mol. The van der Waals surface area contributed by atoms with Crippen molar-refractivity contribution in [3.8, 4) is 6.07 Å². The van der Waals surface area contributed by atoms with Gasteiger partial charge >= 0.3 is 0 Å². The van der Waals surface area contributed by atoms with Crippen molar-refractivity contribution in [3.05, 3.63) is 81.9 Å². The van der Waals surface area contributed by atoms with Crippen LogP contribution >= 0.6 is 0 Å². The SMILES string of the molecule is N#Cc1cc(F)cc(Cn2c(=O)ccc3ccccc32)c1. The lowest BCUT2D eigenvalue weighted by Crippen LogP contribution is -2.20. The maximum atomic E-state index is 13.5. The Kier molecular flexibility index (Phi) is 3.25. The minimum absolute atomic E-state index is 0.156. The second kappa shape index (κ2) is 5.22. The smallest absolute Gasteiger partial charge is 0.251 e. The van der Waals surface area contributed by atoms with Gasteiger partial charge in [0.1, 0.15) is 5.82 Å². The van der Waals surface area contributed by atoms with Crippen molar-refractivity contribution >= 4 is 10.9 Å². The minimum atomic E-state index is -0.475. The van der Waals surface area contributed by atoms with E-state index < -0.39 is 5.82 Å². The molecule has 1 heterocycles. The first-order valence-corrected chi connectivity index (χ1v) is 6.45. The number of nitriles is 1. The van der Waals surface area contributed by atoms with Crippen LogP contribution in [0.25, 0.3) is 10.9 Å². The van der Waals surface area contributed by atoms with Crippen LogP contribution in [0.5, 0.6) is 0 Å². The third-order valence-corrected chi connectivity index (χ3v) is 3.33. The van der Waals surface area contributed by atoms with Crippen LogP contribution < -0.4 is 5.56 Å². The number of hydrogen-bond donors (Lipinski definition) is 0. The van der Waals surface area contributed by atoms with Crippen LogP contribution in [0.2, 0.25) is 0 Å². The van der Waals surface area contributed by atoms with Gasteiger partial charge in [0.25, 0.3) is 5.56 Å². The molecule has 0 spiro atoms. The first-order valence-electron chi connectivity index (χ1n) is 6.45. The van der Waals surface area contributed by atoms with Crippen LogP contribution in [0.4, 0.5) is 4.39 Å². The summed E-state index contributed by atoms with van der Waals surface area (Å²) >= 11 is 0. The van der Waals surface area contributed by atoms with Crippen LogP contribution in [0.1, 0.15) is 11.1 Å². The molecule has 0 N–H and O–H groups in total. The minimum Gasteiger partial charge on any atom is -0.304 e. The highest BCUT2D eigenvalue weighted by Crippen LogP contribution is 2.14. The Balaban J connectivity index is 2.14. The van der Waals surface area contributed by atoms with E-state index in [-0.39, 0.29) is 17.7 Å². The number of halogens is 1. The molecule has 0 saturated carbocycles. The van der Waals surface area contributed by atoms with Crippen molar-refractivity contribution in [2.24, 2.45) is 0 Å². The van der Waals surface area contributed by atoms with Crippen molar-refractivity contribution in [3.63, 3.8) is 0 Å². The predicted octanol–water partition coefficient (Wildman–Crippen LogP) is 3.06. The molecule has 3 rings (SSSR count). The Morgan fingerprint density at radius 2 is 1.90 bits per heavy atom. The predicted molar refractivity (Wildman–Crippen MR) is 78.4 cm³/mol. The van der Waals surface area contributed by atoms with Gasteiger partial charge in [-0.15, -0.1) is 0 Å². The summed E-state index contributed by atoms with van der Waals surface area (Å²) in [4.78, 5) is 12.1. The summed E-state index contributed by atoms with van der Waals surface area (Å²) in [6, 6.07) is 16.8. The molecule has 0 saturated heterocycles. The van der Waals surface area contributed by atoms with E-state index in [1.54, 1.807) is 16.7 Å². The molecule has 0 aliphatic heterocycles. The summed E-state index contributed by atoms with van der Waals surface area (Å²) in [6.07, 6.45) is 0. The Bertz CT molecular complexity index is 922. The molecule has 0 fully saturated rings. The molecule has 0 aliphatic carbocycles. The van der Waals surface area contributed by atoms with E-state index in [1.807, 2.05) is 30.3 Å². The monoisotopic (exact) mass is 278 g/mol. The molecule has 0 unspecified atom stereocenters.